The Morgan fingerprint density at radius 2 is 1.83 bits per heavy atom. The van der Waals surface area contributed by atoms with E-state index in [0.717, 1.165) is 24.3 Å². The SMILES string of the molecule is O=C(O)[C@H]1CCCN(C(=O)c2ccc(S(=O)(=O)C(F)F)cc2)C1. The van der Waals surface area contributed by atoms with Gasteiger partial charge in [0.05, 0.1) is 10.8 Å². The van der Waals surface area contributed by atoms with Crippen LogP contribution in [0.25, 0.3) is 0 Å². The van der Waals surface area contributed by atoms with Crippen molar-refractivity contribution in [3.8, 4) is 0 Å². The van der Waals surface area contributed by atoms with Crippen LogP contribution in [0.4, 0.5) is 8.78 Å². The minimum absolute atomic E-state index is 0.0747. The van der Waals surface area contributed by atoms with E-state index in [2.05, 4.69) is 0 Å². The molecule has 1 heterocycles. The fraction of sp³-hybridized carbons (Fsp3) is 0.429. The van der Waals surface area contributed by atoms with Gasteiger partial charge in [0.2, 0.25) is 9.84 Å². The zero-order valence-corrected chi connectivity index (χ0v) is 12.8. The lowest BCUT2D eigenvalue weighted by Gasteiger charge is -2.30. The standard InChI is InChI=1S/C14H15F2NO5S/c15-14(16)23(21,22)11-5-3-9(4-6-11)12(18)17-7-1-2-10(8-17)13(19)20/h3-6,10,14H,1-2,7-8H2,(H,19,20)/t10-/m0/s1. The molecule has 0 radical (unpaired) electrons. The first-order chi connectivity index (χ1) is 10.7. The van der Waals surface area contributed by atoms with Crippen molar-refractivity contribution in [3.63, 3.8) is 0 Å². The number of nitrogens with zero attached hydrogens (tertiary/aromatic N) is 1. The number of likely N-dealkylation sites (tertiary alicyclic amines) is 1. The van der Waals surface area contributed by atoms with Crippen LogP contribution in [0.15, 0.2) is 29.2 Å². The molecule has 9 heteroatoms. The molecule has 0 unspecified atom stereocenters. The van der Waals surface area contributed by atoms with Gasteiger partial charge in [0.15, 0.2) is 0 Å². The second-order valence-corrected chi connectivity index (χ2v) is 7.18. The quantitative estimate of drug-likeness (QED) is 0.894. The van der Waals surface area contributed by atoms with E-state index in [-0.39, 0.29) is 12.1 Å². The number of carbonyl (C=O) groups is 2. The molecule has 126 valence electrons. The summed E-state index contributed by atoms with van der Waals surface area (Å²) in [7, 11) is -4.70. The largest absolute Gasteiger partial charge is 0.481 e. The molecule has 1 saturated heterocycles. The second kappa shape index (κ2) is 6.61. The average Bonchev–Trinajstić information content (AvgIpc) is 2.54. The molecule has 1 atom stereocenters. The molecule has 2 rings (SSSR count). The molecular formula is C14H15F2NO5S. The van der Waals surface area contributed by atoms with E-state index < -0.39 is 38.3 Å². The minimum atomic E-state index is -4.70. The Hall–Kier alpha value is -2.03. The second-order valence-electron chi connectivity index (χ2n) is 5.26. The molecule has 23 heavy (non-hydrogen) atoms. The van der Waals surface area contributed by atoms with Gasteiger partial charge in [0.25, 0.3) is 5.91 Å². The Bertz CT molecular complexity index is 702. The molecule has 0 spiro atoms. The molecule has 1 aliphatic heterocycles. The van der Waals surface area contributed by atoms with E-state index in [1.807, 2.05) is 0 Å². The van der Waals surface area contributed by atoms with Crippen LogP contribution in [-0.4, -0.2) is 49.1 Å². The number of aliphatic carboxylic acids is 1. The molecule has 0 aromatic heterocycles. The third kappa shape index (κ3) is 3.66. The highest BCUT2D eigenvalue weighted by Gasteiger charge is 2.30. The fourth-order valence-corrected chi connectivity index (χ4v) is 3.16. The van der Waals surface area contributed by atoms with E-state index >= 15 is 0 Å². The third-order valence-corrected chi connectivity index (χ3v) is 5.12. The van der Waals surface area contributed by atoms with Gasteiger partial charge in [-0.25, -0.2) is 8.42 Å². The summed E-state index contributed by atoms with van der Waals surface area (Å²) in [6.07, 6.45) is 1.05. The highest BCUT2D eigenvalue weighted by Crippen LogP contribution is 2.21. The summed E-state index contributed by atoms with van der Waals surface area (Å²) in [5.74, 6) is -5.58. The normalized spacial score (nSPS) is 18.9. The number of carboxylic acids is 1. The summed E-state index contributed by atoms with van der Waals surface area (Å²) in [6, 6.07) is 4.21. The van der Waals surface area contributed by atoms with E-state index in [1.54, 1.807) is 0 Å². The van der Waals surface area contributed by atoms with Crippen LogP contribution in [0.1, 0.15) is 23.2 Å². The Morgan fingerprint density at radius 3 is 2.35 bits per heavy atom. The van der Waals surface area contributed by atoms with Crippen LogP contribution in [0.2, 0.25) is 0 Å². The number of piperidine rings is 1. The Labute approximate surface area is 131 Å². The molecule has 1 aromatic rings. The number of rotatable bonds is 4. The lowest BCUT2D eigenvalue weighted by Crippen LogP contribution is -2.42. The Kier molecular flexibility index (Phi) is 4.98. The van der Waals surface area contributed by atoms with Crippen molar-refractivity contribution in [1.82, 2.24) is 4.90 Å². The predicted octanol–water partition coefficient (Wildman–Crippen LogP) is 1.62. The summed E-state index contributed by atoms with van der Waals surface area (Å²) in [5, 5.41) is 9.01. The zero-order valence-electron chi connectivity index (χ0n) is 12.0. The maximum atomic E-state index is 12.4. The van der Waals surface area contributed by atoms with Crippen molar-refractivity contribution >= 4 is 21.7 Å². The highest BCUT2D eigenvalue weighted by atomic mass is 32.2. The van der Waals surface area contributed by atoms with E-state index in [1.165, 1.54) is 4.90 Å². The summed E-state index contributed by atoms with van der Waals surface area (Å²) in [6.45, 7) is 0.477. The van der Waals surface area contributed by atoms with Crippen LogP contribution in [0, 0.1) is 5.92 Å². The third-order valence-electron chi connectivity index (χ3n) is 3.72. The Morgan fingerprint density at radius 1 is 1.22 bits per heavy atom. The van der Waals surface area contributed by atoms with Crippen LogP contribution in [0.5, 0.6) is 0 Å². The minimum Gasteiger partial charge on any atom is -0.481 e. The summed E-state index contributed by atoms with van der Waals surface area (Å²) < 4.78 is 47.5. The number of carbonyl (C=O) groups excluding carboxylic acids is 1. The summed E-state index contributed by atoms with van der Waals surface area (Å²) in [5.41, 5.74) is 0.129. The van der Waals surface area contributed by atoms with Gasteiger partial charge in [-0.1, -0.05) is 0 Å². The van der Waals surface area contributed by atoms with Gasteiger partial charge in [-0.3, -0.25) is 9.59 Å². The molecule has 1 amide bonds. The highest BCUT2D eigenvalue weighted by molar-refractivity contribution is 7.91. The lowest BCUT2D eigenvalue weighted by molar-refractivity contribution is -0.143. The molecule has 1 N–H and O–H groups in total. The molecule has 0 saturated carbocycles. The van der Waals surface area contributed by atoms with Gasteiger partial charge in [0, 0.05) is 18.7 Å². The summed E-state index contributed by atoms with van der Waals surface area (Å²) >= 11 is 0. The zero-order chi connectivity index (χ0) is 17.2. The van der Waals surface area contributed by atoms with E-state index in [4.69, 9.17) is 5.11 Å². The monoisotopic (exact) mass is 347 g/mol. The first-order valence-corrected chi connectivity index (χ1v) is 8.42. The van der Waals surface area contributed by atoms with Gasteiger partial charge in [-0.05, 0) is 37.1 Å². The van der Waals surface area contributed by atoms with Gasteiger partial charge in [-0.15, -0.1) is 0 Å². The number of halogens is 2. The van der Waals surface area contributed by atoms with Crippen LogP contribution < -0.4 is 0 Å². The number of benzene rings is 1. The number of hydrogen-bond donors (Lipinski definition) is 1. The van der Waals surface area contributed by atoms with Gasteiger partial charge in [-0.2, -0.15) is 8.78 Å². The van der Waals surface area contributed by atoms with Gasteiger partial charge < -0.3 is 10.0 Å². The van der Waals surface area contributed by atoms with Crippen molar-refractivity contribution in [2.24, 2.45) is 5.92 Å². The number of hydrogen-bond acceptors (Lipinski definition) is 4. The first-order valence-electron chi connectivity index (χ1n) is 6.87. The number of sulfone groups is 1. The molecular weight excluding hydrogens is 332 g/mol. The lowest BCUT2D eigenvalue weighted by atomic mass is 9.97. The number of amides is 1. The molecule has 6 nitrogen and oxygen atoms in total. The maximum Gasteiger partial charge on any atom is 0.341 e. The molecule has 1 aliphatic rings. The number of carboxylic acid groups (broad SMARTS) is 1. The van der Waals surface area contributed by atoms with Crippen LogP contribution >= 0.6 is 0 Å². The first kappa shape index (κ1) is 17.3. The maximum absolute atomic E-state index is 12.4. The Balaban J connectivity index is 2.16. The molecule has 0 aliphatic carbocycles. The van der Waals surface area contributed by atoms with Crippen molar-refractivity contribution in [2.75, 3.05) is 13.1 Å². The van der Waals surface area contributed by atoms with Crippen LogP contribution in [0.3, 0.4) is 0 Å². The van der Waals surface area contributed by atoms with E-state index in [0.29, 0.717) is 19.4 Å². The summed E-state index contributed by atoms with van der Waals surface area (Å²) in [4.78, 5) is 24.1. The average molecular weight is 347 g/mol. The van der Waals surface area contributed by atoms with Crippen molar-refractivity contribution in [1.29, 1.82) is 0 Å². The topological polar surface area (TPSA) is 91.8 Å². The fourth-order valence-electron chi connectivity index (χ4n) is 2.44. The van der Waals surface area contributed by atoms with E-state index in [9.17, 15) is 26.8 Å². The van der Waals surface area contributed by atoms with Crippen molar-refractivity contribution < 1.29 is 31.9 Å². The predicted molar refractivity (Wildman–Crippen MR) is 75.9 cm³/mol. The van der Waals surface area contributed by atoms with Crippen molar-refractivity contribution in [3.05, 3.63) is 29.8 Å². The molecule has 1 fully saturated rings. The van der Waals surface area contributed by atoms with Crippen LogP contribution in [-0.2, 0) is 14.6 Å². The molecule has 0 bridgehead atoms. The van der Waals surface area contributed by atoms with Gasteiger partial charge >= 0.3 is 11.7 Å². The van der Waals surface area contributed by atoms with Gasteiger partial charge in [0.1, 0.15) is 0 Å². The molecule has 1 aromatic carbocycles. The number of alkyl halides is 2. The smallest absolute Gasteiger partial charge is 0.341 e. The van der Waals surface area contributed by atoms with Crippen molar-refractivity contribution in [2.45, 2.75) is 23.5 Å².